The van der Waals surface area contributed by atoms with Crippen LogP contribution >= 0.6 is 11.8 Å². The summed E-state index contributed by atoms with van der Waals surface area (Å²) in [7, 11) is 0. The molecule has 0 aromatic rings. The first kappa shape index (κ1) is 29.3. The van der Waals surface area contributed by atoms with Gasteiger partial charge in [0.2, 0.25) is 0 Å². The number of nitrogens with two attached hydrogens (primary N) is 2. The zero-order chi connectivity index (χ0) is 27.2. The van der Waals surface area contributed by atoms with Gasteiger partial charge in [0.05, 0.1) is 35.4 Å². The molecule has 2 heterocycles. The number of allylic oxidation sites excluding steroid dienone is 3. The lowest BCUT2D eigenvalue weighted by Gasteiger charge is -2.41. The molecule has 202 valence electrons. The zero-order valence-corrected chi connectivity index (χ0v) is 23.7. The molecule has 8 nitrogen and oxygen atoms in total. The number of piperazine rings is 1. The van der Waals surface area contributed by atoms with Crippen molar-refractivity contribution in [3.05, 3.63) is 34.0 Å². The average Bonchev–Trinajstić information content (AvgIpc) is 3.21. The van der Waals surface area contributed by atoms with Gasteiger partial charge >= 0.3 is 0 Å². The molecule has 0 spiro atoms. The van der Waals surface area contributed by atoms with E-state index >= 15 is 0 Å². The predicted molar refractivity (Wildman–Crippen MR) is 154 cm³/mol. The maximum Gasteiger partial charge on any atom is 0.168 e. The molecule has 0 aromatic heterocycles. The van der Waals surface area contributed by atoms with Crippen LogP contribution < -0.4 is 11.5 Å². The van der Waals surface area contributed by atoms with Gasteiger partial charge in [-0.05, 0) is 69.7 Å². The molecule has 1 aliphatic carbocycles. The summed E-state index contributed by atoms with van der Waals surface area (Å²) in [6, 6.07) is 2.35. The highest BCUT2D eigenvalue weighted by Crippen LogP contribution is 2.50. The van der Waals surface area contributed by atoms with E-state index in [1.54, 1.807) is 24.0 Å². The fourth-order valence-electron chi connectivity index (χ4n) is 5.40. The Bertz CT molecular complexity index is 1020. The van der Waals surface area contributed by atoms with Crippen molar-refractivity contribution < 1.29 is 4.79 Å². The Balaban J connectivity index is 1.87. The van der Waals surface area contributed by atoms with E-state index in [4.69, 9.17) is 16.5 Å². The molecular weight excluding hydrogens is 482 g/mol. The maximum absolute atomic E-state index is 14.0. The summed E-state index contributed by atoms with van der Waals surface area (Å²) in [5.74, 6) is -0.765. The quantitative estimate of drug-likeness (QED) is 0.346. The van der Waals surface area contributed by atoms with Crippen LogP contribution in [0.3, 0.4) is 0 Å². The molecule has 0 saturated carbocycles. The summed E-state index contributed by atoms with van der Waals surface area (Å²) in [6.07, 6.45) is 7.16. The third kappa shape index (κ3) is 6.99. The maximum atomic E-state index is 14.0. The van der Waals surface area contributed by atoms with Crippen molar-refractivity contribution in [1.82, 2.24) is 9.80 Å². The minimum Gasteiger partial charge on any atom is -0.397 e. The molecule has 4 N–H and O–H groups in total. The zero-order valence-electron chi connectivity index (χ0n) is 22.9. The number of ketones is 1. The number of Topliss-reactive ketones (excluding diaryl/α,β-unsaturated/α-hetero) is 1. The second-order valence-electron chi connectivity index (χ2n) is 11.0. The van der Waals surface area contributed by atoms with Gasteiger partial charge in [0.1, 0.15) is 0 Å². The summed E-state index contributed by atoms with van der Waals surface area (Å²) in [4.78, 5) is 28.6. The van der Waals surface area contributed by atoms with Crippen LogP contribution in [-0.4, -0.2) is 71.8 Å². The van der Waals surface area contributed by atoms with Crippen molar-refractivity contribution in [3.8, 4) is 6.07 Å². The van der Waals surface area contributed by atoms with E-state index in [9.17, 15) is 10.1 Å². The number of aliphatic imine (C=N–C) groups is 2. The van der Waals surface area contributed by atoms with Crippen LogP contribution in [-0.2, 0) is 4.79 Å². The van der Waals surface area contributed by atoms with Crippen LogP contribution in [0.25, 0.3) is 0 Å². The number of carbonyl (C=O) groups is 1. The van der Waals surface area contributed by atoms with Crippen LogP contribution in [0, 0.1) is 23.2 Å². The van der Waals surface area contributed by atoms with Crippen molar-refractivity contribution in [1.29, 1.82) is 5.26 Å². The van der Waals surface area contributed by atoms with Crippen LogP contribution in [0.15, 0.2) is 44.0 Å². The van der Waals surface area contributed by atoms with Crippen molar-refractivity contribution >= 4 is 30.0 Å². The number of rotatable bonds is 9. The highest BCUT2D eigenvalue weighted by Gasteiger charge is 2.42. The van der Waals surface area contributed by atoms with Crippen molar-refractivity contribution in [2.45, 2.75) is 70.7 Å². The summed E-state index contributed by atoms with van der Waals surface area (Å²) in [5, 5.41) is 9.48. The van der Waals surface area contributed by atoms with Crippen molar-refractivity contribution in [2.75, 3.05) is 32.8 Å². The number of nitriles is 1. The summed E-state index contributed by atoms with van der Waals surface area (Å²) in [5.41, 5.74) is 15.6. The van der Waals surface area contributed by atoms with Gasteiger partial charge in [0, 0.05) is 49.4 Å². The predicted octanol–water partition coefficient (Wildman–Crippen LogP) is 3.82. The van der Waals surface area contributed by atoms with Gasteiger partial charge in [0.15, 0.2) is 5.78 Å². The molecule has 1 fully saturated rings. The Kier molecular flexibility index (Phi) is 10.3. The van der Waals surface area contributed by atoms with E-state index in [2.05, 4.69) is 48.4 Å². The van der Waals surface area contributed by atoms with Gasteiger partial charge in [-0.3, -0.25) is 24.6 Å². The molecular formula is C28H43N7OS. The standard InChI is InChI=1S/C28H43N7OS/c1-6-8-20(26(36)19-9-7-10-23-24(19)21(17-29)27(31)37-23)25(30)22(11-12-32-5)33-18-34-13-15-35(16-14-34)28(2,3)4/h11-12,19,21,27H,5-10,13-16,18,30-31H2,1-4H3/b12-11-,25-20-,33-22+/t19-,21?,27?/m0/s1. The molecule has 2 unspecified atom stereocenters. The van der Waals surface area contributed by atoms with Crippen molar-refractivity contribution in [2.24, 2.45) is 33.3 Å². The first-order valence-corrected chi connectivity index (χ1v) is 14.2. The Hall–Kier alpha value is -2.25. The highest BCUT2D eigenvalue weighted by molar-refractivity contribution is 8.03. The molecule has 9 heteroatoms. The smallest absolute Gasteiger partial charge is 0.168 e. The lowest BCUT2D eigenvalue weighted by Crippen LogP contribution is -2.53. The van der Waals surface area contributed by atoms with Gasteiger partial charge in [-0.1, -0.05) is 13.3 Å². The minimum absolute atomic E-state index is 0.00736. The monoisotopic (exact) mass is 525 g/mol. The number of hydrogen-bond acceptors (Lipinski definition) is 9. The second-order valence-corrected chi connectivity index (χ2v) is 12.3. The van der Waals surface area contributed by atoms with E-state index in [1.807, 2.05) is 6.92 Å². The van der Waals surface area contributed by atoms with Crippen molar-refractivity contribution in [3.63, 3.8) is 0 Å². The molecule has 2 aliphatic heterocycles. The third-order valence-electron chi connectivity index (χ3n) is 7.49. The van der Waals surface area contributed by atoms with E-state index in [0.717, 1.165) is 62.3 Å². The second kappa shape index (κ2) is 13.0. The van der Waals surface area contributed by atoms with E-state index in [1.165, 1.54) is 0 Å². The molecule has 3 aliphatic rings. The largest absolute Gasteiger partial charge is 0.397 e. The Morgan fingerprint density at radius 1 is 1.30 bits per heavy atom. The Labute approximate surface area is 226 Å². The number of hydrogen-bond donors (Lipinski definition) is 2. The Morgan fingerprint density at radius 3 is 2.59 bits per heavy atom. The molecule has 3 atom stereocenters. The summed E-state index contributed by atoms with van der Waals surface area (Å²) < 4.78 is 0. The van der Waals surface area contributed by atoms with E-state index in [0.29, 0.717) is 30.1 Å². The average molecular weight is 526 g/mol. The lowest BCUT2D eigenvalue weighted by molar-refractivity contribution is -0.118. The molecule has 0 amide bonds. The normalized spacial score (nSPS) is 26.7. The molecule has 0 radical (unpaired) electrons. The van der Waals surface area contributed by atoms with E-state index in [-0.39, 0.29) is 22.6 Å². The molecule has 0 bridgehead atoms. The number of carbonyl (C=O) groups excluding carboxylic acids is 1. The van der Waals surface area contributed by atoms with Crippen LogP contribution in [0.2, 0.25) is 0 Å². The van der Waals surface area contributed by atoms with Gasteiger partial charge in [-0.2, -0.15) is 5.26 Å². The SMILES string of the molecule is C=N\C=C/C(=N\CN1CCN(C(C)(C)C)CC1)C(/N)=C(\CCC)C(=O)[C@H]1CCCC2=C1C(C#N)C(N)S2. The van der Waals surface area contributed by atoms with Gasteiger partial charge < -0.3 is 11.5 Å². The fourth-order valence-corrected chi connectivity index (χ4v) is 6.74. The number of thioether (sulfide) groups is 1. The lowest BCUT2D eigenvalue weighted by atomic mass is 9.76. The molecule has 37 heavy (non-hydrogen) atoms. The third-order valence-corrected chi connectivity index (χ3v) is 8.76. The summed E-state index contributed by atoms with van der Waals surface area (Å²) >= 11 is 1.55. The first-order valence-electron chi connectivity index (χ1n) is 13.3. The highest BCUT2D eigenvalue weighted by atomic mass is 32.2. The molecule has 1 saturated heterocycles. The topological polar surface area (TPSA) is 124 Å². The van der Waals surface area contributed by atoms with Gasteiger partial charge in [-0.15, -0.1) is 11.8 Å². The summed E-state index contributed by atoms with van der Waals surface area (Å²) in [6.45, 7) is 16.6. The fraction of sp³-hybridized carbons (Fsp3) is 0.643. The van der Waals surface area contributed by atoms with Crippen LogP contribution in [0.5, 0.6) is 0 Å². The molecule has 0 aromatic carbocycles. The van der Waals surface area contributed by atoms with E-state index < -0.39 is 5.92 Å². The first-order chi connectivity index (χ1) is 17.6. The molecule has 3 rings (SSSR count). The Morgan fingerprint density at radius 2 is 2.00 bits per heavy atom. The number of nitrogens with zero attached hydrogens (tertiary/aromatic N) is 5. The minimum atomic E-state index is -0.428. The van der Waals surface area contributed by atoms with Gasteiger partial charge in [0.25, 0.3) is 0 Å². The van der Waals surface area contributed by atoms with Crippen LogP contribution in [0.4, 0.5) is 0 Å². The van der Waals surface area contributed by atoms with Gasteiger partial charge in [-0.25, -0.2) is 0 Å². The van der Waals surface area contributed by atoms with Crippen LogP contribution in [0.1, 0.15) is 59.8 Å².